The van der Waals surface area contributed by atoms with Crippen molar-refractivity contribution in [1.29, 1.82) is 0 Å². The van der Waals surface area contributed by atoms with E-state index in [9.17, 15) is 4.79 Å². The monoisotopic (exact) mass is 246 g/mol. The highest BCUT2D eigenvalue weighted by atomic mass is 16.1. The maximum Gasteiger partial charge on any atom is 0.267 e. The van der Waals surface area contributed by atoms with Crippen molar-refractivity contribution in [3.8, 4) is 0 Å². The van der Waals surface area contributed by atoms with Gasteiger partial charge in [0, 0.05) is 30.7 Å². The molecular formula is C13H18N4O. The van der Waals surface area contributed by atoms with Crippen molar-refractivity contribution in [3.63, 3.8) is 0 Å². The summed E-state index contributed by atoms with van der Waals surface area (Å²) in [4.78, 5) is 19.0. The van der Waals surface area contributed by atoms with E-state index in [-0.39, 0.29) is 11.9 Å². The fourth-order valence-corrected chi connectivity index (χ4v) is 1.75. The smallest absolute Gasteiger partial charge is 0.267 e. The van der Waals surface area contributed by atoms with Gasteiger partial charge in [-0.3, -0.25) is 4.79 Å². The maximum absolute atomic E-state index is 11.9. The first-order valence-electron chi connectivity index (χ1n) is 6.14. The minimum atomic E-state index is -0.0679. The van der Waals surface area contributed by atoms with Crippen LogP contribution in [0.15, 0.2) is 30.9 Å². The zero-order valence-electron chi connectivity index (χ0n) is 10.7. The molecule has 5 nitrogen and oxygen atoms in total. The second kappa shape index (κ2) is 5.53. The van der Waals surface area contributed by atoms with Gasteiger partial charge in [-0.1, -0.05) is 6.92 Å². The van der Waals surface area contributed by atoms with Gasteiger partial charge >= 0.3 is 0 Å². The molecule has 0 aliphatic heterocycles. The molecule has 0 radical (unpaired) electrons. The van der Waals surface area contributed by atoms with Crippen LogP contribution in [-0.2, 0) is 6.42 Å². The van der Waals surface area contributed by atoms with Gasteiger partial charge in [0.05, 0.1) is 6.33 Å². The molecule has 2 heterocycles. The number of imidazole rings is 1. The summed E-state index contributed by atoms with van der Waals surface area (Å²) in [6.07, 6.45) is 6.27. The summed E-state index contributed by atoms with van der Waals surface area (Å²) < 4.78 is 1.96. The number of nitrogens with zero attached hydrogens (tertiary/aromatic N) is 2. The van der Waals surface area contributed by atoms with E-state index in [1.165, 1.54) is 0 Å². The van der Waals surface area contributed by atoms with E-state index >= 15 is 0 Å². The molecule has 18 heavy (non-hydrogen) atoms. The molecule has 5 heteroatoms. The number of carbonyl (C=O) groups excluding carboxylic acids is 1. The second-order valence-electron chi connectivity index (χ2n) is 4.32. The summed E-state index contributed by atoms with van der Waals surface area (Å²) in [5.41, 5.74) is 1.69. The predicted octanol–water partition coefficient (Wildman–Crippen LogP) is 1.76. The van der Waals surface area contributed by atoms with E-state index in [0.29, 0.717) is 12.2 Å². The fraction of sp³-hybridized carbons (Fsp3) is 0.385. The standard InChI is InChI=1S/C13H18N4O/c1-3-11-4-5-12(16-11)13(18)15-8-10(2)17-7-6-14-9-17/h4-7,9-10,16H,3,8H2,1-2H3,(H,15,18)/t10-/m0/s1. The van der Waals surface area contributed by atoms with Crippen LogP contribution in [0, 0.1) is 0 Å². The van der Waals surface area contributed by atoms with Gasteiger partial charge in [-0.15, -0.1) is 0 Å². The Balaban J connectivity index is 1.88. The number of carbonyl (C=O) groups is 1. The van der Waals surface area contributed by atoms with Crippen LogP contribution in [-0.4, -0.2) is 27.0 Å². The summed E-state index contributed by atoms with van der Waals surface area (Å²) in [6, 6.07) is 3.95. The van der Waals surface area contributed by atoms with Crippen LogP contribution in [0.4, 0.5) is 0 Å². The number of aromatic nitrogens is 3. The van der Waals surface area contributed by atoms with Gasteiger partial charge in [-0.05, 0) is 25.5 Å². The first kappa shape index (κ1) is 12.4. The third kappa shape index (κ3) is 2.80. The van der Waals surface area contributed by atoms with Crippen molar-refractivity contribution in [1.82, 2.24) is 19.9 Å². The Hall–Kier alpha value is -2.04. The molecule has 2 aromatic heterocycles. The first-order valence-corrected chi connectivity index (χ1v) is 6.14. The average Bonchev–Trinajstić information content (AvgIpc) is 3.05. The molecule has 0 aromatic carbocycles. The molecule has 2 aromatic rings. The molecule has 96 valence electrons. The minimum absolute atomic E-state index is 0.0679. The van der Waals surface area contributed by atoms with Crippen LogP contribution in [0.3, 0.4) is 0 Å². The number of amides is 1. The Morgan fingerprint density at radius 2 is 2.39 bits per heavy atom. The second-order valence-corrected chi connectivity index (χ2v) is 4.32. The number of hydrogen-bond acceptors (Lipinski definition) is 2. The molecule has 1 amide bonds. The Bertz CT molecular complexity index is 501. The van der Waals surface area contributed by atoms with Crippen LogP contribution >= 0.6 is 0 Å². The van der Waals surface area contributed by atoms with Crippen LogP contribution in [0.1, 0.15) is 36.1 Å². The number of H-pyrrole nitrogens is 1. The van der Waals surface area contributed by atoms with Crippen LogP contribution in [0.25, 0.3) is 0 Å². The van der Waals surface area contributed by atoms with Crippen molar-refractivity contribution in [3.05, 3.63) is 42.2 Å². The quantitative estimate of drug-likeness (QED) is 0.844. The largest absolute Gasteiger partial charge is 0.354 e. The molecule has 0 aliphatic rings. The molecule has 0 aliphatic carbocycles. The van der Waals surface area contributed by atoms with Gasteiger partial charge in [0.1, 0.15) is 5.69 Å². The Morgan fingerprint density at radius 3 is 3.00 bits per heavy atom. The van der Waals surface area contributed by atoms with Gasteiger partial charge in [-0.25, -0.2) is 4.98 Å². The lowest BCUT2D eigenvalue weighted by Crippen LogP contribution is -2.29. The molecule has 0 unspecified atom stereocenters. The molecule has 2 N–H and O–H groups in total. The molecule has 0 bridgehead atoms. The van der Waals surface area contributed by atoms with Crippen molar-refractivity contribution >= 4 is 5.91 Å². The van der Waals surface area contributed by atoms with Crippen LogP contribution in [0.5, 0.6) is 0 Å². The SMILES string of the molecule is CCc1ccc(C(=O)NC[C@H](C)n2ccnc2)[nH]1. The van der Waals surface area contributed by atoms with E-state index in [1.54, 1.807) is 12.5 Å². The Kier molecular flexibility index (Phi) is 3.82. The summed E-state index contributed by atoms with van der Waals surface area (Å²) in [6.45, 7) is 4.67. The van der Waals surface area contributed by atoms with E-state index < -0.39 is 0 Å². The molecule has 0 spiro atoms. The lowest BCUT2D eigenvalue weighted by Gasteiger charge is -2.13. The zero-order valence-corrected chi connectivity index (χ0v) is 10.7. The topological polar surface area (TPSA) is 62.7 Å². The summed E-state index contributed by atoms with van der Waals surface area (Å²) in [7, 11) is 0. The third-order valence-corrected chi connectivity index (χ3v) is 2.96. The van der Waals surface area contributed by atoms with Gasteiger partial charge in [0.2, 0.25) is 0 Å². The number of nitrogens with one attached hydrogen (secondary N) is 2. The van der Waals surface area contributed by atoms with E-state index in [1.807, 2.05) is 29.8 Å². The van der Waals surface area contributed by atoms with Gasteiger partial charge in [-0.2, -0.15) is 0 Å². The normalized spacial score (nSPS) is 12.3. The summed E-state index contributed by atoms with van der Waals surface area (Å²) >= 11 is 0. The maximum atomic E-state index is 11.9. The van der Waals surface area contributed by atoms with Crippen LogP contribution < -0.4 is 5.32 Å². The fourth-order valence-electron chi connectivity index (χ4n) is 1.75. The molecule has 0 fully saturated rings. The molecule has 0 saturated carbocycles. The highest BCUT2D eigenvalue weighted by molar-refractivity contribution is 5.92. The highest BCUT2D eigenvalue weighted by Gasteiger charge is 2.10. The number of aryl methyl sites for hydroxylation is 1. The molecular weight excluding hydrogens is 228 g/mol. The predicted molar refractivity (Wildman–Crippen MR) is 69.4 cm³/mol. The van der Waals surface area contributed by atoms with Crippen molar-refractivity contribution in [2.24, 2.45) is 0 Å². The zero-order chi connectivity index (χ0) is 13.0. The third-order valence-electron chi connectivity index (χ3n) is 2.96. The summed E-state index contributed by atoms with van der Waals surface area (Å²) in [5.74, 6) is -0.0679. The average molecular weight is 246 g/mol. The van der Waals surface area contributed by atoms with E-state index in [4.69, 9.17) is 0 Å². The van der Waals surface area contributed by atoms with E-state index in [0.717, 1.165) is 12.1 Å². The Labute approximate surface area is 106 Å². The lowest BCUT2D eigenvalue weighted by molar-refractivity contribution is 0.0944. The van der Waals surface area contributed by atoms with Gasteiger partial charge in [0.15, 0.2) is 0 Å². The molecule has 1 atom stereocenters. The van der Waals surface area contributed by atoms with E-state index in [2.05, 4.69) is 22.2 Å². The van der Waals surface area contributed by atoms with Gasteiger partial charge in [0.25, 0.3) is 5.91 Å². The van der Waals surface area contributed by atoms with Crippen molar-refractivity contribution < 1.29 is 4.79 Å². The van der Waals surface area contributed by atoms with Crippen molar-refractivity contribution in [2.75, 3.05) is 6.54 Å². The van der Waals surface area contributed by atoms with Crippen LogP contribution in [0.2, 0.25) is 0 Å². The Morgan fingerprint density at radius 1 is 1.56 bits per heavy atom. The number of rotatable bonds is 5. The number of aromatic amines is 1. The minimum Gasteiger partial charge on any atom is -0.354 e. The highest BCUT2D eigenvalue weighted by Crippen LogP contribution is 2.05. The number of hydrogen-bond donors (Lipinski definition) is 2. The summed E-state index contributed by atoms with van der Waals surface area (Å²) in [5, 5.41) is 2.91. The molecule has 0 saturated heterocycles. The van der Waals surface area contributed by atoms with Crippen molar-refractivity contribution in [2.45, 2.75) is 26.3 Å². The molecule has 2 rings (SSSR count). The lowest BCUT2D eigenvalue weighted by atomic mass is 10.3. The van der Waals surface area contributed by atoms with Gasteiger partial charge < -0.3 is 14.9 Å². The first-order chi connectivity index (χ1) is 8.70.